The molecular formula is C29H30ClN9O5. The van der Waals surface area contributed by atoms with Crippen molar-refractivity contribution >= 4 is 47.0 Å². The predicted molar refractivity (Wildman–Crippen MR) is 162 cm³/mol. The number of H-pyrrole nitrogens is 1. The largest absolute Gasteiger partial charge is 0.464 e. The number of nitrogens with zero attached hydrogens (tertiary/aromatic N) is 5. The van der Waals surface area contributed by atoms with Gasteiger partial charge in [-0.3, -0.25) is 10.1 Å². The zero-order valence-corrected chi connectivity index (χ0v) is 24.7. The fourth-order valence-corrected chi connectivity index (χ4v) is 5.00. The SMILES string of the molecule is COC(=O)Nc1ccc2c(c1)NCCCCCC(NC(=O)C=Cc1cc(Cl)ccc1-n1cnnn1)c1nc-2c(C(=O)OC)[nH]1. The monoisotopic (exact) mass is 619 g/mol. The van der Waals surface area contributed by atoms with Gasteiger partial charge in [-0.25, -0.2) is 14.6 Å². The summed E-state index contributed by atoms with van der Waals surface area (Å²) in [6.45, 7) is 0.641. The van der Waals surface area contributed by atoms with Crippen molar-refractivity contribution in [2.45, 2.75) is 31.7 Å². The Labute approximate surface area is 257 Å². The molecule has 1 aliphatic heterocycles. The lowest BCUT2D eigenvalue weighted by atomic mass is 10.0. The number of anilines is 2. The molecule has 0 saturated heterocycles. The lowest BCUT2D eigenvalue weighted by Crippen LogP contribution is -2.28. The molecule has 2 aromatic carbocycles. The molecule has 1 atom stereocenters. The number of fused-ring (bicyclic) bond motifs is 4. The van der Waals surface area contributed by atoms with Gasteiger partial charge in [-0.1, -0.05) is 24.4 Å². The molecule has 2 aromatic heterocycles. The Hall–Kier alpha value is -5.24. The highest BCUT2D eigenvalue weighted by Crippen LogP contribution is 2.34. The third-order valence-corrected chi connectivity index (χ3v) is 7.18. The van der Waals surface area contributed by atoms with E-state index in [1.807, 2.05) is 0 Å². The van der Waals surface area contributed by atoms with Crippen molar-refractivity contribution in [2.24, 2.45) is 0 Å². The highest BCUT2D eigenvalue weighted by Gasteiger charge is 2.26. The number of nitrogens with one attached hydrogen (secondary N) is 4. The molecule has 4 aromatic rings. The van der Waals surface area contributed by atoms with Crippen molar-refractivity contribution in [3.8, 4) is 16.9 Å². The summed E-state index contributed by atoms with van der Waals surface area (Å²) >= 11 is 6.21. The Bertz CT molecular complexity index is 1690. The van der Waals surface area contributed by atoms with Crippen LogP contribution in [0.2, 0.25) is 5.02 Å². The molecule has 0 saturated carbocycles. The Morgan fingerprint density at radius 3 is 2.73 bits per heavy atom. The van der Waals surface area contributed by atoms with Crippen molar-refractivity contribution in [3.63, 3.8) is 0 Å². The Kier molecular flexibility index (Phi) is 9.49. The molecular weight excluding hydrogens is 590 g/mol. The number of methoxy groups -OCH3 is 2. The predicted octanol–water partition coefficient (Wildman–Crippen LogP) is 4.53. The van der Waals surface area contributed by atoms with Gasteiger partial charge in [0.05, 0.1) is 25.9 Å². The van der Waals surface area contributed by atoms with E-state index in [9.17, 15) is 14.4 Å². The van der Waals surface area contributed by atoms with Crippen molar-refractivity contribution in [1.29, 1.82) is 0 Å². The molecule has 2 amide bonds. The van der Waals surface area contributed by atoms with E-state index in [0.717, 1.165) is 19.3 Å². The van der Waals surface area contributed by atoms with Crippen LogP contribution in [0.4, 0.5) is 16.2 Å². The van der Waals surface area contributed by atoms with Crippen LogP contribution in [0.5, 0.6) is 0 Å². The third kappa shape index (κ3) is 7.03. The minimum absolute atomic E-state index is 0.137. The number of amides is 2. The van der Waals surface area contributed by atoms with Gasteiger partial charge in [0, 0.05) is 40.1 Å². The molecule has 0 fully saturated rings. The van der Waals surface area contributed by atoms with Gasteiger partial charge in [-0.05, 0) is 65.7 Å². The van der Waals surface area contributed by atoms with Gasteiger partial charge < -0.3 is 25.1 Å². The summed E-state index contributed by atoms with van der Waals surface area (Å²) in [5.41, 5.74) is 3.54. The molecule has 0 radical (unpaired) electrons. The molecule has 44 heavy (non-hydrogen) atoms. The van der Waals surface area contributed by atoms with Crippen LogP contribution in [0.25, 0.3) is 23.0 Å². The van der Waals surface area contributed by atoms with Crippen LogP contribution in [0, 0.1) is 0 Å². The van der Waals surface area contributed by atoms with E-state index in [2.05, 4.69) is 36.5 Å². The summed E-state index contributed by atoms with van der Waals surface area (Å²) in [6, 6.07) is 9.81. The number of ether oxygens (including phenoxy) is 2. The summed E-state index contributed by atoms with van der Waals surface area (Å²) in [5.74, 6) is -0.581. The van der Waals surface area contributed by atoms with Gasteiger partial charge in [0.2, 0.25) is 5.91 Å². The number of tetrazole rings is 1. The molecule has 1 unspecified atom stereocenters. The average Bonchev–Trinajstić information content (AvgIpc) is 3.71. The number of rotatable bonds is 6. The number of halogens is 1. The number of hydrogen-bond donors (Lipinski definition) is 4. The number of carbonyl (C=O) groups is 3. The minimum atomic E-state index is -0.614. The van der Waals surface area contributed by atoms with Crippen LogP contribution in [0.15, 0.2) is 48.8 Å². The van der Waals surface area contributed by atoms with Crippen LogP contribution in [-0.2, 0) is 14.3 Å². The van der Waals surface area contributed by atoms with Gasteiger partial charge in [-0.15, -0.1) is 5.10 Å². The van der Waals surface area contributed by atoms with E-state index in [-0.39, 0.29) is 11.6 Å². The number of aromatic nitrogens is 6. The van der Waals surface area contributed by atoms with E-state index in [4.69, 9.17) is 26.1 Å². The highest BCUT2D eigenvalue weighted by atomic mass is 35.5. The number of imidazole rings is 1. The third-order valence-electron chi connectivity index (χ3n) is 6.95. The number of hydrogen-bond acceptors (Lipinski definition) is 10. The first-order chi connectivity index (χ1) is 21.4. The zero-order chi connectivity index (χ0) is 31.1. The Morgan fingerprint density at radius 2 is 1.95 bits per heavy atom. The molecule has 0 spiro atoms. The van der Waals surface area contributed by atoms with Crippen LogP contribution >= 0.6 is 11.6 Å². The van der Waals surface area contributed by atoms with Crippen LogP contribution < -0.4 is 16.0 Å². The average molecular weight is 620 g/mol. The van der Waals surface area contributed by atoms with Crippen molar-refractivity contribution in [3.05, 3.63) is 70.9 Å². The van der Waals surface area contributed by atoms with E-state index in [1.165, 1.54) is 31.3 Å². The second-order valence-electron chi connectivity index (χ2n) is 9.84. The topological polar surface area (TPSA) is 178 Å². The molecule has 3 heterocycles. The molecule has 228 valence electrons. The van der Waals surface area contributed by atoms with E-state index in [1.54, 1.807) is 42.5 Å². The minimum Gasteiger partial charge on any atom is -0.464 e. The van der Waals surface area contributed by atoms with E-state index < -0.39 is 18.1 Å². The van der Waals surface area contributed by atoms with Crippen LogP contribution in [0.3, 0.4) is 0 Å². The number of carbonyl (C=O) groups excluding carboxylic acids is 3. The second kappa shape index (κ2) is 13.8. The fourth-order valence-electron chi connectivity index (χ4n) is 4.82. The maximum absolute atomic E-state index is 13.2. The molecule has 5 rings (SSSR count). The Morgan fingerprint density at radius 1 is 1.09 bits per heavy atom. The number of esters is 1. The summed E-state index contributed by atoms with van der Waals surface area (Å²) in [7, 11) is 2.57. The summed E-state index contributed by atoms with van der Waals surface area (Å²) in [6.07, 6.45) is 6.96. The maximum Gasteiger partial charge on any atom is 0.411 e. The van der Waals surface area contributed by atoms with Crippen molar-refractivity contribution < 1.29 is 23.9 Å². The van der Waals surface area contributed by atoms with Crippen LogP contribution in [0.1, 0.15) is 53.6 Å². The normalized spacial score (nSPS) is 14.8. The lowest BCUT2D eigenvalue weighted by molar-refractivity contribution is -0.117. The van der Waals surface area contributed by atoms with Gasteiger partial charge in [0.25, 0.3) is 0 Å². The number of aromatic amines is 1. The molecule has 2 bridgehead atoms. The number of benzene rings is 2. The first-order valence-electron chi connectivity index (χ1n) is 13.8. The fraction of sp³-hybridized carbons (Fsp3) is 0.276. The highest BCUT2D eigenvalue weighted by molar-refractivity contribution is 6.30. The van der Waals surface area contributed by atoms with Gasteiger partial charge in [0.1, 0.15) is 17.8 Å². The van der Waals surface area contributed by atoms with Gasteiger partial charge in [0.15, 0.2) is 5.69 Å². The Balaban J connectivity index is 1.47. The first-order valence-corrected chi connectivity index (χ1v) is 14.2. The zero-order valence-electron chi connectivity index (χ0n) is 24.0. The lowest BCUT2D eigenvalue weighted by Gasteiger charge is -2.17. The van der Waals surface area contributed by atoms with Crippen LogP contribution in [-0.4, -0.2) is 68.9 Å². The summed E-state index contributed by atoms with van der Waals surface area (Å²) in [4.78, 5) is 45.7. The standard InChI is InChI=1S/C29H30ClN9O5/c1-43-28(41)26-25-20-10-9-19(33-29(42)44-2)15-22(20)31-13-5-3-4-6-21(27(35-25)36-26)34-24(40)12-7-17-14-18(30)8-11-23(17)39-16-32-37-38-39/h7-12,14-16,21,31H,3-6,13H2,1-2H3,(H,33,42)(H,34,40)(H,35,36). The molecule has 4 N–H and O–H groups in total. The summed E-state index contributed by atoms with van der Waals surface area (Å²) < 4.78 is 11.2. The first kappa shape index (κ1) is 30.2. The van der Waals surface area contributed by atoms with Crippen molar-refractivity contribution in [1.82, 2.24) is 35.5 Å². The van der Waals surface area contributed by atoms with E-state index in [0.29, 0.717) is 57.7 Å². The molecule has 0 aliphatic carbocycles. The summed E-state index contributed by atoms with van der Waals surface area (Å²) in [5, 5.41) is 20.8. The van der Waals surface area contributed by atoms with Gasteiger partial charge >= 0.3 is 12.1 Å². The molecule has 1 aliphatic rings. The smallest absolute Gasteiger partial charge is 0.411 e. The maximum atomic E-state index is 13.2. The molecule has 14 nitrogen and oxygen atoms in total. The van der Waals surface area contributed by atoms with Crippen molar-refractivity contribution in [2.75, 3.05) is 31.4 Å². The van der Waals surface area contributed by atoms with Gasteiger partial charge in [-0.2, -0.15) is 4.68 Å². The van der Waals surface area contributed by atoms with E-state index >= 15 is 0 Å². The quantitative estimate of drug-likeness (QED) is 0.177. The second-order valence-corrected chi connectivity index (χ2v) is 10.3. The molecule has 15 heteroatoms.